The van der Waals surface area contributed by atoms with E-state index in [9.17, 15) is 9.90 Å². The predicted octanol–water partition coefficient (Wildman–Crippen LogP) is 3.44. The Bertz CT molecular complexity index is 641. The van der Waals surface area contributed by atoms with Crippen LogP contribution in [-0.4, -0.2) is 30.0 Å². The maximum atomic E-state index is 11.8. The molecule has 1 atom stereocenters. The molecule has 0 bridgehead atoms. The fourth-order valence-corrected chi connectivity index (χ4v) is 2.40. The molecule has 0 saturated carbocycles. The van der Waals surface area contributed by atoms with Crippen molar-refractivity contribution in [3.63, 3.8) is 0 Å². The van der Waals surface area contributed by atoms with Gasteiger partial charge >= 0.3 is 6.09 Å². The number of benzene rings is 2. The van der Waals surface area contributed by atoms with Crippen molar-refractivity contribution in [3.05, 3.63) is 48.0 Å². The normalized spacial score (nSPS) is 12.9. The molecule has 0 aliphatic carbocycles. The summed E-state index contributed by atoms with van der Waals surface area (Å²) in [6, 6.07) is 14.0. The van der Waals surface area contributed by atoms with E-state index in [1.807, 2.05) is 63.2 Å². The van der Waals surface area contributed by atoms with E-state index in [-0.39, 0.29) is 12.5 Å². The number of hydrogen-bond donors (Lipinski definition) is 2. The highest BCUT2D eigenvalue weighted by Gasteiger charge is 2.19. The van der Waals surface area contributed by atoms with Crippen LogP contribution in [0.2, 0.25) is 0 Å². The summed E-state index contributed by atoms with van der Waals surface area (Å²) >= 11 is 0. The van der Waals surface area contributed by atoms with Gasteiger partial charge in [0.05, 0.1) is 6.61 Å². The molecule has 4 heteroatoms. The van der Waals surface area contributed by atoms with Crippen LogP contribution < -0.4 is 5.32 Å². The second kappa shape index (κ2) is 6.79. The maximum Gasteiger partial charge on any atom is 0.407 e. The molecule has 0 spiro atoms. The number of nitrogens with one attached hydrogen (secondary N) is 1. The largest absolute Gasteiger partial charge is 0.444 e. The zero-order chi connectivity index (χ0) is 16.2. The van der Waals surface area contributed by atoms with Crippen molar-refractivity contribution in [2.45, 2.75) is 32.3 Å². The predicted molar refractivity (Wildman–Crippen MR) is 88.0 cm³/mol. The third-order valence-corrected chi connectivity index (χ3v) is 3.38. The van der Waals surface area contributed by atoms with Gasteiger partial charge in [-0.15, -0.1) is 0 Å². The van der Waals surface area contributed by atoms with E-state index in [1.165, 1.54) is 0 Å². The highest BCUT2D eigenvalue weighted by Crippen LogP contribution is 2.25. The number of amides is 1. The zero-order valence-corrected chi connectivity index (χ0v) is 13.3. The fraction of sp³-hybridized carbons (Fsp3) is 0.389. The number of alkyl carbamates (subject to hydrolysis) is 1. The number of hydrogen-bond acceptors (Lipinski definition) is 3. The van der Waals surface area contributed by atoms with Crippen molar-refractivity contribution in [2.24, 2.45) is 0 Å². The minimum absolute atomic E-state index is 0.0379. The quantitative estimate of drug-likeness (QED) is 0.909. The Morgan fingerprint density at radius 3 is 2.55 bits per heavy atom. The Kier molecular flexibility index (Phi) is 5.03. The summed E-state index contributed by atoms with van der Waals surface area (Å²) in [5.74, 6) is -0.168. The summed E-state index contributed by atoms with van der Waals surface area (Å²) in [7, 11) is 0. The first kappa shape index (κ1) is 16.3. The average Bonchev–Trinajstić information content (AvgIpc) is 2.46. The van der Waals surface area contributed by atoms with Crippen molar-refractivity contribution in [3.8, 4) is 0 Å². The maximum absolute atomic E-state index is 11.8. The molecule has 0 radical (unpaired) electrons. The van der Waals surface area contributed by atoms with Gasteiger partial charge < -0.3 is 15.2 Å². The monoisotopic (exact) mass is 301 g/mol. The van der Waals surface area contributed by atoms with Crippen LogP contribution >= 0.6 is 0 Å². The number of carbonyl (C=O) groups excluding carboxylic acids is 1. The molecule has 22 heavy (non-hydrogen) atoms. The molecule has 0 aromatic heterocycles. The van der Waals surface area contributed by atoms with Crippen molar-refractivity contribution in [2.75, 3.05) is 13.2 Å². The Labute approximate surface area is 131 Å². The van der Waals surface area contributed by atoms with Crippen LogP contribution in [0.3, 0.4) is 0 Å². The highest BCUT2D eigenvalue weighted by molar-refractivity contribution is 5.86. The Morgan fingerprint density at radius 1 is 1.18 bits per heavy atom. The molecular weight excluding hydrogens is 278 g/mol. The molecule has 0 aliphatic heterocycles. The van der Waals surface area contributed by atoms with Gasteiger partial charge in [-0.3, -0.25) is 0 Å². The second-order valence-electron chi connectivity index (χ2n) is 6.33. The van der Waals surface area contributed by atoms with Crippen LogP contribution in [0, 0.1) is 0 Å². The van der Waals surface area contributed by atoms with Crippen LogP contribution in [0.25, 0.3) is 10.8 Å². The fourth-order valence-electron chi connectivity index (χ4n) is 2.40. The molecular formula is C18H23NO3. The number of ether oxygens (including phenoxy) is 1. The zero-order valence-electron chi connectivity index (χ0n) is 13.3. The van der Waals surface area contributed by atoms with Gasteiger partial charge in [0.25, 0.3) is 0 Å². The molecule has 0 saturated heterocycles. The third kappa shape index (κ3) is 4.21. The van der Waals surface area contributed by atoms with Gasteiger partial charge in [-0.05, 0) is 37.1 Å². The average molecular weight is 301 g/mol. The van der Waals surface area contributed by atoms with Crippen LogP contribution in [0.5, 0.6) is 0 Å². The van der Waals surface area contributed by atoms with E-state index >= 15 is 0 Å². The van der Waals surface area contributed by atoms with E-state index in [1.54, 1.807) is 0 Å². The molecule has 2 rings (SSSR count). The first-order valence-corrected chi connectivity index (χ1v) is 7.46. The van der Waals surface area contributed by atoms with Crippen molar-refractivity contribution < 1.29 is 14.6 Å². The molecule has 1 amide bonds. The summed E-state index contributed by atoms with van der Waals surface area (Å²) in [4.78, 5) is 11.8. The summed E-state index contributed by atoms with van der Waals surface area (Å²) in [6.45, 7) is 5.76. The molecule has 1 unspecified atom stereocenters. The molecule has 2 N–H and O–H groups in total. The number of carbonyl (C=O) groups is 1. The van der Waals surface area contributed by atoms with Gasteiger partial charge in [-0.25, -0.2) is 4.79 Å². The minimum atomic E-state index is -0.530. The lowest BCUT2D eigenvalue weighted by Crippen LogP contribution is -2.35. The van der Waals surface area contributed by atoms with Gasteiger partial charge in [-0.2, -0.15) is 0 Å². The number of rotatable bonds is 4. The summed E-state index contributed by atoms with van der Waals surface area (Å²) in [5.41, 5.74) is 0.495. The molecule has 0 heterocycles. The topological polar surface area (TPSA) is 58.6 Å². The van der Waals surface area contributed by atoms with Crippen LogP contribution in [0.15, 0.2) is 42.5 Å². The van der Waals surface area contributed by atoms with Gasteiger partial charge in [0, 0.05) is 12.5 Å². The van der Waals surface area contributed by atoms with E-state index in [4.69, 9.17) is 4.74 Å². The lowest BCUT2D eigenvalue weighted by Gasteiger charge is -2.22. The van der Waals surface area contributed by atoms with Gasteiger partial charge in [0.1, 0.15) is 5.60 Å². The highest BCUT2D eigenvalue weighted by atomic mass is 16.6. The van der Waals surface area contributed by atoms with Gasteiger partial charge in [-0.1, -0.05) is 42.5 Å². The molecule has 4 nitrogen and oxygen atoms in total. The molecule has 0 fully saturated rings. The Morgan fingerprint density at radius 2 is 1.86 bits per heavy atom. The Hall–Kier alpha value is -2.07. The van der Waals surface area contributed by atoms with E-state index in [2.05, 4.69) is 5.32 Å². The SMILES string of the molecule is CC(C)(C)OC(=O)NCC(CO)c1cccc2ccccc12. The summed E-state index contributed by atoms with van der Waals surface area (Å²) in [5, 5.41) is 14.6. The van der Waals surface area contributed by atoms with Crippen LogP contribution in [0.1, 0.15) is 32.3 Å². The van der Waals surface area contributed by atoms with Crippen molar-refractivity contribution >= 4 is 16.9 Å². The van der Waals surface area contributed by atoms with Crippen molar-refractivity contribution in [1.29, 1.82) is 0 Å². The first-order chi connectivity index (χ1) is 10.4. The summed E-state index contributed by atoms with van der Waals surface area (Å²) in [6.07, 6.45) is -0.466. The standard InChI is InChI=1S/C18H23NO3/c1-18(2,3)22-17(21)19-11-14(12-20)16-10-6-8-13-7-4-5-9-15(13)16/h4-10,14,20H,11-12H2,1-3H3,(H,19,21). The van der Waals surface area contributed by atoms with Crippen LogP contribution in [-0.2, 0) is 4.74 Å². The first-order valence-electron chi connectivity index (χ1n) is 7.46. The lowest BCUT2D eigenvalue weighted by atomic mass is 9.94. The number of aliphatic hydroxyl groups is 1. The van der Waals surface area contributed by atoms with E-state index in [0.29, 0.717) is 6.54 Å². The molecule has 0 aliphatic rings. The smallest absolute Gasteiger partial charge is 0.407 e. The minimum Gasteiger partial charge on any atom is -0.444 e. The van der Waals surface area contributed by atoms with Gasteiger partial charge in [0.2, 0.25) is 0 Å². The van der Waals surface area contributed by atoms with Gasteiger partial charge in [0.15, 0.2) is 0 Å². The lowest BCUT2D eigenvalue weighted by molar-refractivity contribution is 0.0521. The molecule has 118 valence electrons. The second-order valence-corrected chi connectivity index (χ2v) is 6.33. The Balaban J connectivity index is 2.12. The number of aliphatic hydroxyl groups excluding tert-OH is 1. The van der Waals surface area contributed by atoms with E-state index < -0.39 is 11.7 Å². The van der Waals surface area contributed by atoms with E-state index in [0.717, 1.165) is 16.3 Å². The molecule has 2 aromatic carbocycles. The third-order valence-electron chi connectivity index (χ3n) is 3.38. The molecule has 2 aromatic rings. The number of fused-ring (bicyclic) bond motifs is 1. The summed E-state index contributed by atoms with van der Waals surface area (Å²) < 4.78 is 5.22. The van der Waals surface area contributed by atoms with Crippen molar-refractivity contribution in [1.82, 2.24) is 5.32 Å². The van der Waals surface area contributed by atoms with Crippen LogP contribution in [0.4, 0.5) is 4.79 Å².